The van der Waals surface area contributed by atoms with Crippen molar-refractivity contribution >= 4 is 5.91 Å². The fourth-order valence-corrected chi connectivity index (χ4v) is 2.93. The molecule has 1 saturated heterocycles. The summed E-state index contributed by atoms with van der Waals surface area (Å²) in [5.74, 6) is -4.45. The normalized spacial score (nSPS) is 24.8. The molecule has 0 aromatic carbocycles. The molecule has 1 amide bonds. The number of carbonyl (C=O) groups is 1. The number of hydrogen-bond donors (Lipinski definition) is 2. The van der Waals surface area contributed by atoms with Gasteiger partial charge in [-0.2, -0.15) is 4.98 Å². The van der Waals surface area contributed by atoms with Crippen LogP contribution in [-0.2, 0) is 11.3 Å². The van der Waals surface area contributed by atoms with Crippen molar-refractivity contribution in [2.75, 3.05) is 13.7 Å². The first kappa shape index (κ1) is 18.7. The predicted molar refractivity (Wildman–Crippen MR) is 82.5 cm³/mol. The monoisotopic (exact) mass is 377 g/mol. The average molecular weight is 377 g/mol. The molecule has 2 heterocycles. The SMILES string of the molecule is COc1nc(OC2CC(F)(F)C2)c(F)cc1CNC(=O)C1CC(F)CN1. The summed E-state index contributed by atoms with van der Waals surface area (Å²) in [4.78, 5) is 15.8. The Morgan fingerprint density at radius 1 is 1.42 bits per heavy atom. The predicted octanol–water partition coefficient (Wildman–Crippen LogP) is 1.72. The van der Waals surface area contributed by atoms with Crippen molar-refractivity contribution in [3.63, 3.8) is 0 Å². The average Bonchev–Trinajstić information content (AvgIpc) is 2.99. The highest BCUT2D eigenvalue weighted by Crippen LogP contribution is 2.40. The lowest BCUT2D eigenvalue weighted by Crippen LogP contribution is -2.43. The van der Waals surface area contributed by atoms with Crippen LogP contribution in [0.5, 0.6) is 11.8 Å². The molecule has 1 aliphatic heterocycles. The van der Waals surface area contributed by atoms with E-state index in [0.717, 1.165) is 6.07 Å². The molecule has 0 radical (unpaired) electrons. The standard InChI is InChI=1S/C16H19F4N3O3/c1-25-14-8(6-22-13(24)12-3-9(17)7-21-12)2-11(18)15(23-14)26-10-4-16(19,20)5-10/h2,9-10,12,21H,3-7H2,1H3,(H,22,24). The van der Waals surface area contributed by atoms with E-state index in [2.05, 4.69) is 15.6 Å². The van der Waals surface area contributed by atoms with Crippen molar-refractivity contribution in [2.24, 2.45) is 0 Å². The number of nitrogens with one attached hydrogen (secondary N) is 2. The highest BCUT2D eigenvalue weighted by molar-refractivity contribution is 5.82. The number of ether oxygens (including phenoxy) is 2. The molecule has 2 unspecified atom stereocenters. The lowest BCUT2D eigenvalue weighted by atomic mass is 9.91. The Morgan fingerprint density at radius 2 is 2.15 bits per heavy atom. The van der Waals surface area contributed by atoms with Gasteiger partial charge in [0.25, 0.3) is 11.8 Å². The molecule has 0 bridgehead atoms. The van der Waals surface area contributed by atoms with Crippen molar-refractivity contribution in [1.29, 1.82) is 0 Å². The Bertz CT molecular complexity index is 681. The number of rotatable bonds is 6. The van der Waals surface area contributed by atoms with Gasteiger partial charge in [0.2, 0.25) is 11.8 Å². The molecule has 1 aromatic heterocycles. The summed E-state index contributed by atoms with van der Waals surface area (Å²) in [7, 11) is 1.30. The molecular weight excluding hydrogens is 358 g/mol. The summed E-state index contributed by atoms with van der Waals surface area (Å²) in [5, 5.41) is 5.31. The lowest BCUT2D eigenvalue weighted by Gasteiger charge is -2.34. The summed E-state index contributed by atoms with van der Waals surface area (Å²) in [6, 6.07) is 0.426. The van der Waals surface area contributed by atoms with Crippen LogP contribution in [0.25, 0.3) is 0 Å². The molecule has 0 spiro atoms. The second-order valence-electron chi connectivity index (χ2n) is 6.46. The van der Waals surface area contributed by atoms with Crippen LogP contribution >= 0.6 is 0 Å². The minimum absolute atomic E-state index is 0.00975. The van der Waals surface area contributed by atoms with Crippen molar-refractivity contribution < 1.29 is 31.8 Å². The van der Waals surface area contributed by atoms with Gasteiger partial charge in [-0.15, -0.1) is 0 Å². The highest BCUT2D eigenvalue weighted by atomic mass is 19.3. The van der Waals surface area contributed by atoms with Crippen LogP contribution in [0.1, 0.15) is 24.8 Å². The van der Waals surface area contributed by atoms with Gasteiger partial charge in [0.15, 0.2) is 5.82 Å². The molecule has 144 valence electrons. The highest BCUT2D eigenvalue weighted by Gasteiger charge is 2.47. The summed E-state index contributed by atoms with van der Waals surface area (Å²) in [5.41, 5.74) is 0.249. The molecule has 26 heavy (non-hydrogen) atoms. The van der Waals surface area contributed by atoms with Crippen molar-refractivity contribution in [3.05, 3.63) is 17.4 Å². The Balaban J connectivity index is 1.62. The van der Waals surface area contributed by atoms with Crippen LogP contribution in [0.4, 0.5) is 17.6 Å². The van der Waals surface area contributed by atoms with Gasteiger partial charge in [0, 0.05) is 37.9 Å². The van der Waals surface area contributed by atoms with Gasteiger partial charge in [0.05, 0.1) is 13.2 Å². The zero-order valence-corrected chi connectivity index (χ0v) is 14.0. The van der Waals surface area contributed by atoms with Crippen LogP contribution in [0.15, 0.2) is 6.07 Å². The van der Waals surface area contributed by atoms with E-state index in [1.165, 1.54) is 7.11 Å². The van der Waals surface area contributed by atoms with Crippen molar-refractivity contribution in [3.8, 4) is 11.8 Å². The van der Waals surface area contributed by atoms with Gasteiger partial charge < -0.3 is 20.1 Å². The molecular formula is C16H19F4N3O3. The maximum atomic E-state index is 14.2. The molecule has 2 N–H and O–H groups in total. The van der Waals surface area contributed by atoms with E-state index in [1.54, 1.807) is 0 Å². The number of hydrogen-bond acceptors (Lipinski definition) is 5. The van der Waals surface area contributed by atoms with Gasteiger partial charge in [-0.3, -0.25) is 4.79 Å². The Hall–Kier alpha value is -2.10. The molecule has 1 aliphatic carbocycles. The largest absolute Gasteiger partial charge is 0.481 e. The third kappa shape index (κ3) is 4.17. The van der Waals surface area contributed by atoms with Crippen LogP contribution in [0.2, 0.25) is 0 Å². The van der Waals surface area contributed by atoms with E-state index in [4.69, 9.17) is 9.47 Å². The molecule has 10 heteroatoms. The summed E-state index contributed by atoms with van der Waals surface area (Å²) in [6.45, 7) is 0.0344. The maximum Gasteiger partial charge on any atom is 0.255 e. The van der Waals surface area contributed by atoms with E-state index in [9.17, 15) is 22.4 Å². The first-order chi connectivity index (χ1) is 12.3. The molecule has 2 fully saturated rings. The number of aromatic nitrogens is 1. The minimum Gasteiger partial charge on any atom is -0.481 e. The van der Waals surface area contributed by atoms with Crippen LogP contribution < -0.4 is 20.1 Å². The number of carbonyl (C=O) groups excluding carboxylic acids is 1. The van der Waals surface area contributed by atoms with E-state index in [0.29, 0.717) is 0 Å². The summed E-state index contributed by atoms with van der Waals surface area (Å²) in [6.07, 6.45) is -2.77. The Labute approximate surface area is 147 Å². The van der Waals surface area contributed by atoms with Gasteiger partial charge in [-0.1, -0.05) is 0 Å². The Kier molecular flexibility index (Phi) is 5.22. The number of halogens is 4. The number of methoxy groups -OCH3 is 1. The molecule has 2 aliphatic rings. The fourth-order valence-electron chi connectivity index (χ4n) is 2.93. The van der Waals surface area contributed by atoms with Crippen molar-refractivity contribution in [1.82, 2.24) is 15.6 Å². The van der Waals surface area contributed by atoms with Gasteiger partial charge in [-0.25, -0.2) is 17.6 Å². The van der Waals surface area contributed by atoms with E-state index in [-0.39, 0.29) is 31.0 Å². The molecule has 2 atom stereocenters. The number of amides is 1. The molecule has 1 saturated carbocycles. The smallest absolute Gasteiger partial charge is 0.255 e. The zero-order valence-electron chi connectivity index (χ0n) is 14.0. The number of pyridine rings is 1. The molecule has 1 aromatic rings. The van der Waals surface area contributed by atoms with Gasteiger partial charge in [0.1, 0.15) is 12.3 Å². The third-order valence-electron chi connectivity index (χ3n) is 4.35. The Morgan fingerprint density at radius 3 is 2.73 bits per heavy atom. The second kappa shape index (κ2) is 7.26. The quantitative estimate of drug-likeness (QED) is 0.739. The summed E-state index contributed by atoms with van der Waals surface area (Å²) >= 11 is 0. The van der Waals surface area contributed by atoms with E-state index in [1.807, 2.05) is 0 Å². The first-order valence-corrected chi connectivity index (χ1v) is 8.20. The van der Waals surface area contributed by atoms with E-state index < -0.39 is 54.7 Å². The van der Waals surface area contributed by atoms with Gasteiger partial charge >= 0.3 is 0 Å². The number of alkyl halides is 3. The third-order valence-corrected chi connectivity index (χ3v) is 4.35. The van der Waals surface area contributed by atoms with Gasteiger partial charge in [-0.05, 0) is 6.07 Å². The molecule has 3 rings (SSSR count). The first-order valence-electron chi connectivity index (χ1n) is 8.20. The maximum absolute atomic E-state index is 14.2. The summed E-state index contributed by atoms with van der Waals surface area (Å²) < 4.78 is 63.2. The zero-order chi connectivity index (χ0) is 18.9. The molecule has 6 nitrogen and oxygen atoms in total. The van der Waals surface area contributed by atoms with Crippen LogP contribution in [0.3, 0.4) is 0 Å². The lowest BCUT2D eigenvalue weighted by molar-refractivity contribution is -0.136. The minimum atomic E-state index is -2.79. The van der Waals surface area contributed by atoms with Crippen molar-refractivity contribution in [2.45, 2.75) is 50.0 Å². The van der Waals surface area contributed by atoms with Crippen LogP contribution in [-0.4, -0.2) is 48.8 Å². The fraction of sp³-hybridized carbons (Fsp3) is 0.625. The topological polar surface area (TPSA) is 72.5 Å². The van der Waals surface area contributed by atoms with Crippen LogP contribution in [0, 0.1) is 5.82 Å². The second-order valence-corrected chi connectivity index (χ2v) is 6.46. The van der Waals surface area contributed by atoms with E-state index >= 15 is 0 Å². The number of nitrogens with zero attached hydrogens (tertiary/aromatic N) is 1.